The van der Waals surface area contributed by atoms with Crippen molar-refractivity contribution in [3.8, 4) is 0 Å². The molecule has 0 aliphatic heterocycles. The maximum Gasteiger partial charge on any atom is 0.389 e. The van der Waals surface area contributed by atoms with Gasteiger partial charge in [-0.05, 0) is 50.8 Å². The average molecular weight is 475 g/mol. The third-order valence-electron chi connectivity index (χ3n) is 3.53. The van der Waals surface area contributed by atoms with E-state index < -0.39 is 12.6 Å². The Morgan fingerprint density at radius 3 is 2.48 bits per heavy atom. The molecule has 0 saturated carbocycles. The molecule has 1 atom stereocenters. The van der Waals surface area contributed by atoms with Gasteiger partial charge >= 0.3 is 6.18 Å². The molecule has 1 rings (SSSR count). The smallest absolute Gasteiger partial charge is 0.357 e. The lowest BCUT2D eigenvalue weighted by molar-refractivity contribution is -0.135. The number of hydrogen-bond donors (Lipinski definition) is 2. The fourth-order valence-corrected chi connectivity index (χ4v) is 2.11. The van der Waals surface area contributed by atoms with E-state index in [0.717, 1.165) is 5.56 Å². The third kappa shape index (κ3) is 9.86. The highest BCUT2D eigenvalue weighted by Crippen LogP contribution is 2.22. The van der Waals surface area contributed by atoms with Crippen LogP contribution in [0.25, 0.3) is 0 Å². The zero-order valence-electron chi connectivity index (χ0n) is 14.7. The topological polar surface area (TPSA) is 36.4 Å². The summed E-state index contributed by atoms with van der Waals surface area (Å²) in [4.78, 5) is 4.27. The lowest BCUT2D eigenvalue weighted by atomic mass is 10.1. The van der Waals surface area contributed by atoms with Gasteiger partial charge in [0.1, 0.15) is 5.82 Å². The zero-order chi connectivity index (χ0) is 18.2. The summed E-state index contributed by atoms with van der Waals surface area (Å²) in [5, 5.41) is 6.18. The Kier molecular flexibility index (Phi) is 11.0. The Hall–Kier alpha value is -1.06. The van der Waals surface area contributed by atoms with Crippen LogP contribution in [0.2, 0.25) is 0 Å². The van der Waals surface area contributed by atoms with E-state index in [1.54, 1.807) is 13.0 Å². The van der Waals surface area contributed by atoms with Gasteiger partial charge in [0.15, 0.2) is 5.96 Å². The minimum atomic E-state index is -4.11. The lowest BCUT2D eigenvalue weighted by Crippen LogP contribution is -2.38. The van der Waals surface area contributed by atoms with E-state index >= 15 is 0 Å². The summed E-state index contributed by atoms with van der Waals surface area (Å²) in [7, 11) is 0. The van der Waals surface area contributed by atoms with E-state index in [1.165, 1.54) is 6.07 Å². The van der Waals surface area contributed by atoms with E-state index in [1.807, 2.05) is 19.9 Å². The van der Waals surface area contributed by atoms with Crippen molar-refractivity contribution in [1.29, 1.82) is 0 Å². The van der Waals surface area contributed by atoms with Gasteiger partial charge in [-0.15, -0.1) is 24.0 Å². The van der Waals surface area contributed by atoms with Crippen LogP contribution in [-0.2, 0) is 0 Å². The maximum absolute atomic E-state index is 13.6. The molecule has 0 bridgehead atoms. The van der Waals surface area contributed by atoms with Gasteiger partial charge in [-0.25, -0.2) is 4.39 Å². The van der Waals surface area contributed by atoms with E-state index in [4.69, 9.17) is 0 Å². The van der Waals surface area contributed by atoms with Crippen molar-refractivity contribution in [3.05, 3.63) is 35.1 Å². The molecule has 0 aromatic heterocycles. The maximum atomic E-state index is 13.6. The standard InChI is InChI=1S/C17H25F4N3.HI/c1-4-22-16(23-10-6-5-9-17(19,20)21)24-13(3)14-8-7-12(2)15(18)11-14;/h7-8,11,13H,4-6,9-10H2,1-3H3,(H2,22,23,24);1H. The van der Waals surface area contributed by atoms with E-state index in [2.05, 4.69) is 15.6 Å². The lowest BCUT2D eigenvalue weighted by Gasteiger charge is -2.18. The molecule has 0 radical (unpaired) electrons. The molecule has 0 saturated heterocycles. The predicted molar refractivity (Wildman–Crippen MR) is 104 cm³/mol. The Bertz CT molecular complexity index is 547. The summed E-state index contributed by atoms with van der Waals surface area (Å²) < 4.78 is 49.9. The van der Waals surface area contributed by atoms with Gasteiger partial charge in [-0.3, -0.25) is 4.99 Å². The highest BCUT2D eigenvalue weighted by Gasteiger charge is 2.25. The van der Waals surface area contributed by atoms with Gasteiger partial charge in [0.05, 0.1) is 6.04 Å². The molecule has 3 nitrogen and oxygen atoms in total. The number of nitrogens with one attached hydrogen (secondary N) is 2. The molecule has 1 aromatic carbocycles. The van der Waals surface area contributed by atoms with Crippen molar-refractivity contribution in [2.24, 2.45) is 4.99 Å². The summed E-state index contributed by atoms with van der Waals surface area (Å²) >= 11 is 0. The van der Waals surface area contributed by atoms with Crippen molar-refractivity contribution in [2.75, 3.05) is 13.1 Å². The summed E-state index contributed by atoms with van der Waals surface area (Å²) in [5.41, 5.74) is 1.36. The van der Waals surface area contributed by atoms with Crippen LogP contribution in [0.5, 0.6) is 0 Å². The number of rotatable bonds is 7. The van der Waals surface area contributed by atoms with Crippen LogP contribution in [0.1, 0.15) is 50.3 Å². The molecular formula is C17H26F4IN3. The highest BCUT2D eigenvalue weighted by molar-refractivity contribution is 14.0. The summed E-state index contributed by atoms with van der Waals surface area (Å²) in [6.45, 7) is 6.41. The van der Waals surface area contributed by atoms with Crippen molar-refractivity contribution in [3.63, 3.8) is 0 Å². The third-order valence-corrected chi connectivity index (χ3v) is 3.53. The molecule has 1 unspecified atom stereocenters. The minimum absolute atomic E-state index is 0. The van der Waals surface area contributed by atoms with E-state index in [9.17, 15) is 17.6 Å². The Labute approximate surface area is 163 Å². The second-order valence-electron chi connectivity index (χ2n) is 5.71. The molecule has 1 aromatic rings. The van der Waals surface area contributed by atoms with Crippen LogP contribution in [-0.4, -0.2) is 25.2 Å². The monoisotopic (exact) mass is 475 g/mol. The number of nitrogens with zero attached hydrogens (tertiary/aromatic N) is 1. The number of unbranched alkanes of at least 4 members (excludes halogenated alkanes) is 1. The number of alkyl halides is 3. The van der Waals surface area contributed by atoms with Crippen molar-refractivity contribution >= 4 is 29.9 Å². The minimum Gasteiger partial charge on any atom is -0.357 e. The summed E-state index contributed by atoms with van der Waals surface area (Å²) in [6.07, 6.45) is -4.48. The van der Waals surface area contributed by atoms with Crippen LogP contribution < -0.4 is 10.6 Å². The number of halogens is 5. The van der Waals surface area contributed by atoms with E-state index in [-0.39, 0.29) is 42.3 Å². The zero-order valence-corrected chi connectivity index (χ0v) is 17.0. The average Bonchev–Trinajstić information content (AvgIpc) is 2.48. The fraction of sp³-hybridized carbons (Fsp3) is 0.588. The molecule has 0 spiro atoms. The first-order chi connectivity index (χ1) is 11.2. The van der Waals surface area contributed by atoms with Gasteiger partial charge in [-0.1, -0.05) is 12.1 Å². The summed E-state index contributed by atoms with van der Waals surface area (Å²) in [5.74, 6) is 0.244. The second kappa shape index (κ2) is 11.5. The molecule has 2 N–H and O–H groups in total. The van der Waals surface area contributed by atoms with Crippen molar-refractivity contribution < 1.29 is 17.6 Å². The van der Waals surface area contributed by atoms with Crippen molar-refractivity contribution in [1.82, 2.24) is 10.6 Å². The van der Waals surface area contributed by atoms with E-state index in [0.29, 0.717) is 31.0 Å². The summed E-state index contributed by atoms with van der Waals surface area (Å²) in [6, 6.07) is 4.85. The number of benzene rings is 1. The number of aryl methyl sites for hydroxylation is 1. The first-order valence-corrected chi connectivity index (χ1v) is 8.10. The van der Waals surface area contributed by atoms with Gasteiger partial charge in [0.2, 0.25) is 0 Å². The van der Waals surface area contributed by atoms with Crippen LogP contribution in [0.15, 0.2) is 23.2 Å². The molecule has 0 aliphatic carbocycles. The number of aliphatic imine (C=N–C) groups is 1. The first-order valence-electron chi connectivity index (χ1n) is 8.10. The second-order valence-corrected chi connectivity index (χ2v) is 5.71. The van der Waals surface area contributed by atoms with Gasteiger partial charge in [0, 0.05) is 19.5 Å². The molecule has 0 fully saturated rings. The van der Waals surface area contributed by atoms with Gasteiger partial charge in [-0.2, -0.15) is 13.2 Å². The normalized spacial score (nSPS) is 13.2. The molecule has 0 amide bonds. The fourth-order valence-electron chi connectivity index (χ4n) is 2.11. The van der Waals surface area contributed by atoms with Gasteiger partial charge in [0.25, 0.3) is 0 Å². The first kappa shape index (κ1) is 23.9. The van der Waals surface area contributed by atoms with Crippen molar-refractivity contribution in [2.45, 2.75) is 52.3 Å². The van der Waals surface area contributed by atoms with Crippen LogP contribution in [0.4, 0.5) is 17.6 Å². The molecular weight excluding hydrogens is 449 g/mol. The highest BCUT2D eigenvalue weighted by atomic mass is 127. The molecule has 144 valence electrons. The SMILES string of the molecule is CCNC(=NCCCCC(F)(F)F)NC(C)c1ccc(C)c(F)c1.I. The Balaban J connectivity index is 0.00000576. The van der Waals surface area contributed by atoms with Crippen LogP contribution >= 0.6 is 24.0 Å². The molecule has 8 heteroatoms. The Morgan fingerprint density at radius 2 is 1.92 bits per heavy atom. The van der Waals surface area contributed by atoms with Crippen LogP contribution in [0.3, 0.4) is 0 Å². The molecule has 0 aliphatic rings. The largest absolute Gasteiger partial charge is 0.389 e. The Morgan fingerprint density at radius 1 is 1.24 bits per heavy atom. The number of guanidine groups is 1. The van der Waals surface area contributed by atoms with Crippen LogP contribution in [0, 0.1) is 12.7 Å². The van der Waals surface area contributed by atoms with Gasteiger partial charge < -0.3 is 10.6 Å². The quantitative estimate of drug-likeness (QED) is 0.189. The number of hydrogen-bond acceptors (Lipinski definition) is 1. The molecule has 25 heavy (non-hydrogen) atoms. The predicted octanol–water partition coefficient (Wildman–Crippen LogP) is 5.10. The molecule has 0 heterocycles.